The molecule has 0 aliphatic rings. The van der Waals surface area contributed by atoms with Crippen molar-refractivity contribution in [2.24, 2.45) is 0 Å². The van der Waals surface area contributed by atoms with Crippen LogP contribution in [0.3, 0.4) is 0 Å². The van der Waals surface area contributed by atoms with E-state index < -0.39 is 0 Å². The van der Waals surface area contributed by atoms with Crippen molar-refractivity contribution >= 4 is 12.6 Å². The van der Waals surface area contributed by atoms with Crippen LogP contribution >= 0.6 is 12.6 Å². The van der Waals surface area contributed by atoms with Gasteiger partial charge in [-0.05, 0) is 25.0 Å². The maximum Gasteiger partial charge on any atom is 0.00753 e. The van der Waals surface area contributed by atoms with Gasteiger partial charge in [0.05, 0.1) is 0 Å². The average molecular weight is 164 g/mol. The fourth-order valence-corrected chi connectivity index (χ4v) is 1.26. The Balaban J connectivity index is 3.01. The first-order valence-electron chi connectivity index (χ1n) is 3.63. The van der Waals surface area contributed by atoms with Crippen molar-refractivity contribution < 1.29 is 0 Å². The van der Waals surface area contributed by atoms with E-state index in [-0.39, 0.29) is 0 Å². The van der Waals surface area contributed by atoms with Crippen LogP contribution in [0.15, 0.2) is 35.7 Å². The molecule has 0 fully saturated rings. The highest BCUT2D eigenvalue weighted by Crippen LogP contribution is 2.15. The van der Waals surface area contributed by atoms with E-state index in [1.807, 2.05) is 12.1 Å². The van der Waals surface area contributed by atoms with Crippen LogP contribution in [-0.4, -0.2) is 0 Å². The molecule has 0 N–H and O–H groups in total. The first-order chi connectivity index (χ1) is 5.24. The van der Waals surface area contributed by atoms with Crippen LogP contribution in [0.25, 0.3) is 0 Å². The summed E-state index contributed by atoms with van der Waals surface area (Å²) in [6, 6.07) is 6.23. The van der Waals surface area contributed by atoms with E-state index in [4.69, 9.17) is 0 Å². The number of aryl methyl sites for hydroxylation is 1. The minimum absolute atomic E-state index is 0.903. The minimum Gasteiger partial charge on any atom is -0.143 e. The van der Waals surface area contributed by atoms with Gasteiger partial charge < -0.3 is 0 Å². The summed E-state index contributed by atoms with van der Waals surface area (Å²) in [6.45, 7) is 5.78. The van der Waals surface area contributed by atoms with Crippen LogP contribution in [0.2, 0.25) is 0 Å². The van der Waals surface area contributed by atoms with Crippen molar-refractivity contribution in [3.63, 3.8) is 0 Å². The van der Waals surface area contributed by atoms with Crippen LogP contribution < -0.4 is 0 Å². The van der Waals surface area contributed by atoms with Crippen LogP contribution in [0.1, 0.15) is 11.1 Å². The molecule has 58 valence electrons. The van der Waals surface area contributed by atoms with Gasteiger partial charge in [-0.15, -0.1) is 19.2 Å². The van der Waals surface area contributed by atoms with Crippen molar-refractivity contribution in [3.8, 4) is 0 Å². The molecule has 0 aliphatic heterocycles. The summed E-state index contributed by atoms with van der Waals surface area (Å²) >= 11 is 4.33. The van der Waals surface area contributed by atoms with Crippen LogP contribution in [0.4, 0.5) is 0 Å². The fraction of sp³-hybridized carbons (Fsp3) is 0.200. The van der Waals surface area contributed by atoms with Crippen LogP contribution in [0.5, 0.6) is 0 Å². The average Bonchev–Trinajstić information content (AvgIpc) is 1.98. The highest BCUT2D eigenvalue weighted by molar-refractivity contribution is 7.80. The predicted octanol–water partition coefficient (Wildman–Crippen LogP) is 3.01. The molecule has 0 unspecified atom stereocenters. The lowest BCUT2D eigenvalue weighted by atomic mass is 10.1. The van der Waals surface area contributed by atoms with E-state index in [0.717, 1.165) is 11.3 Å². The lowest BCUT2D eigenvalue weighted by Gasteiger charge is -2.02. The topological polar surface area (TPSA) is 0 Å². The number of thiol groups is 1. The van der Waals surface area contributed by atoms with Gasteiger partial charge in [0.15, 0.2) is 0 Å². The third-order valence-electron chi connectivity index (χ3n) is 1.60. The Morgan fingerprint density at radius 3 is 2.91 bits per heavy atom. The fourth-order valence-electron chi connectivity index (χ4n) is 1.03. The largest absolute Gasteiger partial charge is 0.143 e. The number of benzene rings is 1. The number of allylic oxidation sites excluding steroid dienone is 1. The summed E-state index contributed by atoms with van der Waals surface area (Å²) in [7, 11) is 0. The van der Waals surface area contributed by atoms with Crippen LogP contribution in [0, 0.1) is 6.92 Å². The zero-order valence-electron chi connectivity index (χ0n) is 6.67. The Bertz CT molecular complexity index is 264. The van der Waals surface area contributed by atoms with Gasteiger partial charge in [-0.1, -0.05) is 23.8 Å². The van der Waals surface area contributed by atoms with Crippen molar-refractivity contribution in [3.05, 3.63) is 42.0 Å². The van der Waals surface area contributed by atoms with E-state index in [2.05, 4.69) is 38.3 Å². The Labute approximate surface area is 73.4 Å². The van der Waals surface area contributed by atoms with Crippen molar-refractivity contribution in [2.45, 2.75) is 18.2 Å². The summed E-state index contributed by atoms with van der Waals surface area (Å²) in [5.74, 6) is 0. The molecule has 0 aromatic heterocycles. The summed E-state index contributed by atoms with van der Waals surface area (Å²) in [5, 5.41) is 0. The highest BCUT2D eigenvalue weighted by atomic mass is 32.1. The van der Waals surface area contributed by atoms with Crippen LogP contribution in [-0.2, 0) is 6.42 Å². The van der Waals surface area contributed by atoms with E-state index in [1.165, 1.54) is 11.1 Å². The van der Waals surface area contributed by atoms with E-state index >= 15 is 0 Å². The molecule has 0 aliphatic carbocycles. The smallest absolute Gasteiger partial charge is 0.00753 e. The summed E-state index contributed by atoms with van der Waals surface area (Å²) < 4.78 is 0. The van der Waals surface area contributed by atoms with E-state index in [0.29, 0.717) is 0 Å². The normalized spacial score (nSPS) is 9.64. The molecule has 1 aromatic carbocycles. The van der Waals surface area contributed by atoms with Crippen molar-refractivity contribution in [2.75, 3.05) is 0 Å². The molecule has 11 heavy (non-hydrogen) atoms. The molecule has 0 bridgehead atoms. The molecule has 0 saturated heterocycles. The Kier molecular flexibility index (Phi) is 2.77. The van der Waals surface area contributed by atoms with Gasteiger partial charge in [0.25, 0.3) is 0 Å². The molecule has 0 atom stereocenters. The standard InChI is InChI=1S/C10H12S/c1-3-4-9-7-8(2)5-6-10(9)11/h3,5-7,11H,1,4H2,2H3. The summed E-state index contributed by atoms with van der Waals surface area (Å²) in [4.78, 5) is 1.05. The molecule has 0 saturated carbocycles. The molecular formula is C10H12S. The van der Waals surface area contributed by atoms with Crippen molar-refractivity contribution in [1.29, 1.82) is 0 Å². The second-order valence-corrected chi connectivity index (χ2v) is 3.11. The molecule has 1 rings (SSSR count). The van der Waals surface area contributed by atoms with E-state index in [1.54, 1.807) is 0 Å². The SMILES string of the molecule is C=CCc1cc(C)ccc1S. The zero-order valence-corrected chi connectivity index (χ0v) is 7.57. The second kappa shape index (κ2) is 3.63. The molecule has 1 aromatic rings. The maximum atomic E-state index is 4.33. The Morgan fingerprint density at radius 1 is 1.55 bits per heavy atom. The first kappa shape index (κ1) is 8.41. The number of rotatable bonds is 2. The van der Waals surface area contributed by atoms with Gasteiger partial charge in [0.2, 0.25) is 0 Å². The molecule has 1 heteroatoms. The zero-order chi connectivity index (χ0) is 8.27. The van der Waals surface area contributed by atoms with E-state index in [9.17, 15) is 0 Å². The monoisotopic (exact) mass is 164 g/mol. The molecule has 0 heterocycles. The summed E-state index contributed by atoms with van der Waals surface area (Å²) in [5.41, 5.74) is 2.53. The van der Waals surface area contributed by atoms with Crippen molar-refractivity contribution in [1.82, 2.24) is 0 Å². The lowest BCUT2D eigenvalue weighted by Crippen LogP contribution is -1.84. The van der Waals surface area contributed by atoms with Gasteiger partial charge >= 0.3 is 0 Å². The summed E-state index contributed by atoms with van der Waals surface area (Å²) in [6.07, 6.45) is 2.80. The second-order valence-electron chi connectivity index (χ2n) is 2.62. The quantitative estimate of drug-likeness (QED) is 0.504. The third-order valence-corrected chi connectivity index (χ3v) is 2.04. The Hall–Kier alpha value is -0.690. The first-order valence-corrected chi connectivity index (χ1v) is 4.08. The number of hydrogen-bond donors (Lipinski definition) is 1. The lowest BCUT2D eigenvalue weighted by molar-refractivity contribution is 1.17. The van der Waals surface area contributed by atoms with Gasteiger partial charge in [0, 0.05) is 4.90 Å². The molecule has 0 amide bonds. The molecule has 0 spiro atoms. The maximum absolute atomic E-state index is 4.33. The Morgan fingerprint density at radius 2 is 2.27 bits per heavy atom. The molecule has 0 nitrogen and oxygen atoms in total. The number of hydrogen-bond acceptors (Lipinski definition) is 1. The van der Waals surface area contributed by atoms with Gasteiger partial charge in [-0.3, -0.25) is 0 Å². The third kappa shape index (κ3) is 2.12. The highest BCUT2D eigenvalue weighted by Gasteiger charge is 1.95. The molecular weight excluding hydrogens is 152 g/mol. The van der Waals surface area contributed by atoms with Gasteiger partial charge in [-0.2, -0.15) is 0 Å². The minimum atomic E-state index is 0.903. The predicted molar refractivity (Wildman–Crippen MR) is 52.3 cm³/mol. The van der Waals surface area contributed by atoms with Gasteiger partial charge in [0.1, 0.15) is 0 Å². The molecule has 0 radical (unpaired) electrons. The van der Waals surface area contributed by atoms with Gasteiger partial charge in [-0.25, -0.2) is 0 Å².